The molecular formula is C8H11N4O4S+. The first-order valence-electron chi connectivity index (χ1n) is 4.82. The summed E-state index contributed by atoms with van der Waals surface area (Å²) in [6, 6.07) is 0. The number of ether oxygens (including phenoxy) is 1. The van der Waals surface area contributed by atoms with Gasteiger partial charge in [0, 0.05) is 5.10 Å². The summed E-state index contributed by atoms with van der Waals surface area (Å²) < 4.78 is 6.56. The van der Waals surface area contributed by atoms with Gasteiger partial charge in [-0.3, -0.25) is 5.32 Å². The van der Waals surface area contributed by atoms with Gasteiger partial charge in [-0.1, -0.05) is 0 Å². The molecule has 0 aliphatic carbocycles. The third kappa shape index (κ3) is 2.21. The number of nitrogens with one attached hydrogen (secondary N) is 1. The number of aliphatic hydroxyl groups is 3. The van der Waals surface area contributed by atoms with Crippen molar-refractivity contribution in [3.63, 3.8) is 0 Å². The first kappa shape index (κ1) is 12.2. The highest BCUT2D eigenvalue weighted by molar-refractivity contribution is 7.13. The lowest BCUT2D eigenvalue weighted by molar-refractivity contribution is -0.809. The van der Waals surface area contributed by atoms with E-state index >= 15 is 0 Å². The smallest absolute Gasteiger partial charge is 0.318 e. The van der Waals surface area contributed by atoms with Gasteiger partial charge in [0.05, 0.1) is 6.61 Å². The topological polar surface area (TPSA) is 123 Å². The Kier molecular flexibility index (Phi) is 3.51. The van der Waals surface area contributed by atoms with Crippen LogP contribution in [0.5, 0.6) is 0 Å². The molecule has 17 heavy (non-hydrogen) atoms. The van der Waals surface area contributed by atoms with Crippen molar-refractivity contribution in [1.82, 2.24) is 5.10 Å². The van der Waals surface area contributed by atoms with Crippen molar-refractivity contribution < 1.29 is 24.7 Å². The van der Waals surface area contributed by atoms with Crippen molar-refractivity contribution in [2.75, 3.05) is 11.9 Å². The second-order valence-corrected chi connectivity index (χ2v) is 4.31. The molecule has 92 valence electrons. The number of nitrogens with zero attached hydrogens (tertiary/aromatic N) is 3. The Hall–Kier alpha value is -1.31. The molecule has 0 amide bonds. The number of anilines is 1. The molecule has 1 aromatic heterocycles. The Morgan fingerprint density at radius 2 is 2.35 bits per heavy atom. The molecule has 2 rings (SSSR count). The Bertz CT molecular complexity index is 433. The lowest BCUT2D eigenvalue weighted by Crippen LogP contribution is -2.47. The van der Waals surface area contributed by atoms with E-state index in [-0.39, 0.29) is 6.61 Å². The molecule has 1 aliphatic rings. The Labute approximate surface area is 100 Å². The van der Waals surface area contributed by atoms with Crippen LogP contribution in [0.2, 0.25) is 0 Å². The maximum absolute atomic E-state index is 9.72. The van der Waals surface area contributed by atoms with Crippen molar-refractivity contribution in [3.8, 4) is 6.19 Å². The minimum absolute atomic E-state index is 0.352. The van der Waals surface area contributed by atoms with E-state index < -0.39 is 24.5 Å². The van der Waals surface area contributed by atoms with Crippen LogP contribution in [-0.2, 0) is 4.74 Å². The molecular weight excluding hydrogens is 248 g/mol. The first-order chi connectivity index (χ1) is 8.17. The molecule has 4 atom stereocenters. The molecule has 8 nitrogen and oxygen atoms in total. The van der Waals surface area contributed by atoms with Crippen LogP contribution in [0.1, 0.15) is 6.23 Å². The summed E-state index contributed by atoms with van der Waals surface area (Å²) in [7, 11) is 0. The fraction of sp³-hybridized carbons (Fsp3) is 0.625. The summed E-state index contributed by atoms with van der Waals surface area (Å²) in [4.78, 5) is 0. The summed E-state index contributed by atoms with van der Waals surface area (Å²) >= 11 is 1.16. The molecule has 9 heteroatoms. The van der Waals surface area contributed by atoms with Crippen LogP contribution < -0.4 is 10.00 Å². The second kappa shape index (κ2) is 4.91. The molecule has 0 radical (unpaired) electrons. The highest BCUT2D eigenvalue weighted by Gasteiger charge is 2.49. The zero-order valence-electron chi connectivity index (χ0n) is 8.59. The van der Waals surface area contributed by atoms with Crippen LogP contribution in [0.25, 0.3) is 0 Å². The number of hydrogen-bond acceptors (Lipinski definition) is 8. The van der Waals surface area contributed by atoms with Gasteiger partial charge in [-0.15, -0.1) is 0 Å². The maximum atomic E-state index is 9.72. The standard InChI is InChI=1S/C8H11N4O4S/c9-2-10-8-11-12(3-17-8)7-6(15)5(14)4(1-13)16-7/h3-7,13-15H,1H2,(H,10,11)/q+1. The SMILES string of the molecule is N#CNc1n[n+](C2OC(CO)C(O)C2O)cs1. The average molecular weight is 259 g/mol. The van der Waals surface area contributed by atoms with Gasteiger partial charge in [-0.25, -0.2) is 0 Å². The van der Waals surface area contributed by atoms with Crippen molar-refractivity contribution in [3.05, 3.63) is 5.51 Å². The van der Waals surface area contributed by atoms with Gasteiger partial charge in [-0.05, 0) is 16.0 Å². The van der Waals surface area contributed by atoms with Crippen LogP contribution in [0.3, 0.4) is 0 Å². The molecule has 1 aromatic rings. The largest absolute Gasteiger partial charge is 0.394 e. The van der Waals surface area contributed by atoms with Crippen LogP contribution in [0.4, 0.5) is 5.13 Å². The predicted octanol–water partition coefficient (Wildman–Crippen LogP) is -2.06. The second-order valence-electron chi connectivity index (χ2n) is 3.47. The van der Waals surface area contributed by atoms with E-state index in [1.54, 1.807) is 11.7 Å². The van der Waals surface area contributed by atoms with Crippen molar-refractivity contribution in [1.29, 1.82) is 5.26 Å². The third-order valence-electron chi connectivity index (χ3n) is 2.42. The zero-order valence-corrected chi connectivity index (χ0v) is 9.41. The van der Waals surface area contributed by atoms with Crippen LogP contribution in [-0.4, -0.2) is 45.3 Å². The van der Waals surface area contributed by atoms with Gasteiger partial charge >= 0.3 is 6.23 Å². The predicted molar refractivity (Wildman–Crippen MR) is 54.6 cm³/mol. The highest BCUT2D eigenvalue weighted by Crippen LogP contribution is 2.25. The molecule has 4 N–H and O–H groups in total. The molecule has 0 spiro atoms. The third-order valence-corrected chi connectivity index (χ3v) is 3.15. The average Bonchev–Trinajstić information content (AvgIpc) is 2.87. The quantitative estimate of drug-likeness (QED) is 0.279. The molecule has 1 saturated heterocycles. The van der Waals surface area contributed by atoms with E-state index in [2.05, 4.69) is 10.4 Å². The normalized spacial score (nSPS) is 32.4. The van der Waals surface area contributed by atoms with E-state index in [0.717, 1.165) is 11.3 Å². The monoisotopic (exact) mass is 259 g/mol. The lowest BCUT2D eigenvalue weighted by Gasteiger charge is -2.08. The number of rotatable bonds is 3. The van der Waals surface area contributed by atoms with Crippen LogP contribution >= 0.6 is 11.3 Å². The van der Waals surface area contributed by atoms with Crippen molar-refractivity contribution >= 4 is 16.5 Å². The van der Waals surface area contributed by atoms with E-state index in [9.17, 15) is 10.2 Å². The summed E-state index contributed by atoms with van der Waals surface area (Å²) in [5.74, 6) is 0. The molecule has 0 saturated carbocycles. The molecule has 4 unspecified atom stereocenters. The van der Waals surface area contributed by atoms with Gasteiger partial charge in [-0.2, -0.15) is 5.26 Å². The Balaban J connectivity index is 2.14. The minimum atomic E-state index is -1.17. The van der Waals surface area contributed by atoms with E-state index in [1.807, 2.05) is 0 Å². The summed E-state index contributed by atoms with van der Waals surface area (Å²) in [6.45, 7) is -0.386. The summed E-state index contributed by atoms with van der Waals surface area (Å²) in [5.41, 5.74) is 1.54. The number of aliphatic hydroxyl groups excluding tert-OH is 3. The van der Waals surface area contributed by atoms with Crippen LogP contribution in [0.15, 0.2) is 5.51 Å². The molecule has 1 fully saturated rings. The number of aromatic nitrogens is 2. The Morgan fingerprint density at radius 1 is 1.59 bits per heavy atom. The van der Waals surface area contributed by atoms with E-state index in [1.165, 1.54) is 4.68 Å². The Morgan fingerprint density at radius 3 is 2.94 bits per heavy atom. The molecule has 0 bridgehead atoms. The molecule has 1 aliphatic heterocycles. The van der Waals surface area contributed by atoms with Gasteiger partial charge in [0.15, 0.2) is 12.3 Å². The summed E-state index contributed by atoms with van der Waals surface area (Å²) in [6.07, 6.45) is -2.32. The highest BCUT2D eigenvalue weighted by atomic mass is 32.1. The van der Waals surface area contributed by atoms with Gasteiger partial charge in [0.25, 0.3) is 10.6 Å². The minimum Gasteiger partial charge on any atom is -0.394 e. The molecule has 0 aromatic carbocycles. The van der Waals surface area contributed by atoms with Gasteiger partial charge in [0.2, 0.25) is 0 Å². The van der Waals surface area contributed by atoms with E-state index in [4.69, 9.17) is 15.1 Å². The lowest BCUT2D eigenvalue weighted by atomic mass is 10.1. The fourth-order valence-corrected chi connectivity index (χ4v) is 2.19. The number of hydrogen-bond donors (Lipinski definition) is 4. The van der Waals surface area contributed by atoms with Crippen molar-refractivity contribution in [2.45, 2.75) is 24.5 Å². The van der Waals surface area contributed by atoms with Crippen molar-refractivity contribution in [2.24, 2.45) is 0 Å². The van der Waals surface area contributed by atoms with E-state index in [0.29, 0.717) is 5.13 Å². The first-order valence-corrected chi connectivity index (χ1v) is 5.70. The summed E-state index contributed by atoms with van der Waals surface area (Å²) in [5, 5.41) is 43.3. The van der Waals surface area contributed by atoms with Gasteiger partial charge < -0.3 is 20.1 Å². The fourth-order valence-electron chi connectivity index (χ4n) is 1.57. The maximum Gasteiger partial charge on any atom is 0.318 e. The zero-order chi connectivity index (χ0) is 12.4. The molecule has 2 heterocycles. The van der Waals surface area contributed by atoms with Gasteiger partial charge in [0.1, 0.15) is 12.2 Å². The number of nitriles is 1. The van der Waals surface area contributed by atoms with Crippen LogP contribution in [0, 0.1) is 11.5 Å².